The average molecular weight is 478 g/mol. The average Bonchev–Trinajstić information content (AvgIpc) is 3.20. The van der Waals surface area contributed by atoms with E-state index < -0.39 is 0 Å². The first kappa shape index (κ1) is 24.6. The highest BCUT2D eigenvalue weighted by Crippen LogP contribution is 2.46. The van der Waals surface area contributed by atoms with Gasteiger partial charge < -0.3 is 4.90 Å². The van der Waals surface area contributed by atoms with E-state index in [0.717, 1.165) is 25.8 Å². The number of benzene rings is 2. The molecule has 1 aliphatic carbocycles. The van der Waals surface area contributed by atoms with Crippen LogP contribution >= 0.6 is 0 Å². The van der Waals surface area contributed by atoms with Crippen LogP contribution in [0.4, 0.5) is 11.4 Å². The second-order valence-electron chi connectivity index (χ2n) is 11.6. The molecule has 0 saturated heterocycles. The van der Waals surface area contributed by atoms with Crippen molar-refractivity contribution in [3.8, 4) is 0 Å². The van der Waals surface area contributed by atoms with E-state index in [1.54, 1.807) is 0 Å². The summed E-state index contributed by atoms with van der Waals surface area (Å²) in [4.78, 5) is 2.36. The summed E-state index contributed by atoms with van der Waals surface area (Å²) < 4.78 is 2.53. The minimum atomic E-state index is 0.0198. The second-order valence-corrected chi connectivity index (χ2v) is 11.6. The largest absolute Gasteiger partial charge is 0.347 e. The zero-order valence-electron chi connectivity index (χ0n) is 22.9. The SMILES string of the molecule is CCC[N+]1=C(/C=C/C2=CC(=C/C=C3/N(C)c4ccccc4C3(C)C)/CCC2)C(C)(C)c2ccccc21. The summed E-state index contributed by atoms with van der Waals surface area (Å²) in [6.07, 6.45) is 16.6. The molecule has 5 rings (SSSR count). The smallest absolute Gasteiger partial charge is 0.209 e. The van der Waals surface area contributed by atoms with Crippen LogP contribution in [-0.4, -0.2) is 23.9 Å². The van der Waals surface area contributed by atoms with Gasteiger partial charge in [-0.25, -0.2) is 0 Å². The highest BCUT2D eigenvalue weighted by molar-refractivity contribution is 6.03. The van der Waals surface area contributed by atoms with E-state index in [2.05, 4.69) is 130 Å². The van der Waals surface area contributed by atoms with E-state index in [-0.39, 0.29) is 10.8 Å². The normalized spacial score (nSPS) is 22.5. The van der Waals surface area contributed by atoms with Crippen LogP contribution in [-0.2, 0) is 10.8 Å². The monoisotopic (exact) mass is 477 g/mol. The van der Waals surface area contributed by atoms with E-state index in [1.807, 2.05) is 0 Å². The molecule has 0 aromatic heterocycles. The van der Waals surface area contributed by atoms with Crippen LogP contribution < -0.4 is 4.90 Å². The van der Waals surface area contributed by atoms with Crippen molar-refractivity contribution in [2.45, 2.75) is 71.1 Å². The van der Waals surface area contributed by atoms with Gasteiger partial charge in [0.1, 0.15) is 6.54 Å². The van der Waals surface area contributed by atoms with Crippen molar-refractivity contribution in [1.29, 1.82) is 0 Å². The van der Waals surface area contributed by atoms with Crippen LogP contribution in [0.5, 0.6) is 0 Å². The fraction of sp³-hybridized carbons (Fsp3) is 0.382. The van der Waals surface area contributed by atoms with Crippen LogP contribution in [0.3, 0.4) is 0 Å². The molecule has 0 fully saturated rings. The van der Waals surface area contributed by atoms with Crippen molar-refractivity contribution in [3.63, 3.8) is 0 Å². The highest BCUT2D eigenvalue weighted by Gasteiger charge is 2.43. The minimum Gasteiger partial charge on any atom is -0.347 e. The molecule has 0 atom stereocenters. The van der Waals surface area contributed by atoms with E-state index in [9.17, 15) is 0 Å². The molecule has 0 spiro atoms. The van der Waals surface area contributed by atoms with E-state index in [0.29, 0.717) is 0 Å². The first-order chi connectivity index (χ1) is 17.2. The number of anilines is 1. The molecule has 186 valence electrons. The maximum Gasteiger partial charge on any atom is 0.209 e. The summed E-state index contributed by atoms with van der Waals surface area (Å²) in [5.74, 6) is 0. The van der Waals surface area contributed by atoms with E-state index >= 15 is 0 Å². The number of rotatable bonds is 5. The quantitative estimate of drug-likeness (QED) is 0.392. The summed E-state index contributed by atoms with van der Waals surface area (Å²) in [7, 11) is 2.20. The molecule has 2 aromatic carbocycles. The third-order valence-electron chi connectivity index (χ3n) is 8.40. The van der Waals surface area contributed by atoms with Gasteiger partial charge in [-0.2, -0.15) is 4.58 Å². The Morgan fingerprint density at radius 1 is 0.861 bits per heavy atom. The van der Waals surface area contributed by atoms with Crippen molar-refractivity contribution in [2.75, 3.05) is 18.5 Å². The van der Waals surface area contributed by atoms with Crippen LogP contribution in [0.2, 0.25) is 0 Å². The number of nitrogens with zero attached hydrogens (tertiary/aromatic N) is 2. The molecule has 0 saturated carbocycles. The van der Waals surface area contributed by atoms with E-state index in [1.165, 1.54) is 51.5 Å². The lowest BCUT2D eigenvalue weighted by Crippen LogP contribution is -2.27. The third-order valence-corrected chi connectivity index (χ3v) is 8.40. The standard InChI is InChI=1S/C34H41N2/c1-7-23-36-30-18-11-9-16-28(30)34(4,5)32(36)22-20-26-14-12-13-25(24-26)19-21-31-33(2,3)27-15-8-10-17-29(27)35(31)6/h8-11,15-22,24H,7,12-14,23H2,1-6H3/q+1. The Hall–Kier alpha value is -3.13. The predicted molar refractivity (Wildman–Crippen MR) is 155 cm³/mol. The zero-order chi connectivity index (χ0) is 25.5. The minimum absolute atomic E-state index is 0.0198. The van der Waals surface area contributed by atoms with E-state index in [4.69, 9.17) is 0 Å². The van der Waals surface area contributed by atoms with Gasteiger partial charge in [0.05, 0.1) is 5.41 Å². The molecule has 0 radical (unpaired) electrons. The molecule has 2 heterocycles. The van der Waals surface area contributed by atoms with Gasteiger partial charge in [-0.15, -0.1) is 0 Å². The first-order valence-electron chi connectivity index (χ1n) is 13.6. The number of likely N-dealkylation sites (N-methyl/N-ethyl adjacent to an activating group) is 1. The number of hydrogen-bond donors (Lipinski definition) is 0. The first-order valence-corrected chi connectivity index (χ1v) is 13.6. The lowest BCUT2D eigenvalue weighted by atomic mass is 9.81. The lowest BCUT2D eigenvalue weighted by Gasteiger charge is -2.24. The van der Waals surface area contributed by atoms with Crippen LogP contribution in [0, 0.1) is 0 Å². The number of hydrogen-bond acceptors (Lipinski definition) is 1. The van der Waals surface area contributed by atoms with Crippen LogP contribution in [0.1, 0.15) is 71.4 Å². The molecule has 2 aliphatic heterocycles. The predicted octanol–water partition coefficient (Wildman–Crippen LogP) is 8.38. The van der Waals surface area contributed by atoms with Gasteiger partial charge in [0, 0.05) is 48.0 Å². The zero-order valence-corrected chi connectivity index (χ0v) is 22.9. The molecule has 3 aliphatic rings. The summed E-state index contributed by atoms with van der Waals surface area (Å²) in [5, 5.41) is 0. The number of para-hydroxylation sites is 2. The van der Waals surface area contributed by atoms with Crippen LogP contribution in [0.15, 0.2) is 95.8 Å². The molecule has 2 nitrogen and oxygen atoms in total. The number of fused-ring (bicyclic) bond motifs is 2. The Kier molecular flexibility index (Phi) is 6.41. The van der Waals surface area contributed by atoms with Crippen molar-refractivity contribution >= 4 is 17.1 Å². The second kappa shape index (κ2) is 9.39. The molecule has 0 unspecified atom stereocenters. The Morgan fingerprint density at radius 3 is 2.33 bits per heavy atom. The van der Waals surface area contributed by atoms with Crippen molar-refractivity contribution < 1.29 is 4.58 Å². The van der Waals surface area contributed by atoms with Gasteiger partial charge in [0.15, 0.2) is 5.71 Å². The maximum atomic E-state index is 2.53. The molecular formula is C34H41N2+. The summed E-state index contributed by atoms with van der Waals surface area (Å²) in [6.45, 7) is 12.7. The van der Waals surface area contributed by atoms with Crippen molar-refractivity contribution in [3.05, 3.63) is 107 Å². The molecular weight excluding hydrogens is 436 g/mol. The Morgan fingerprint density at radius 2 is 1.58 bits per heavy atom. The van der Waals surface area contributed by atoms with Crippen LogP contribution in [0.25, 0.3) is 0 Å². The molecule has 0 amide bonds. The topological polar surface area (TPSA) is 6.25 Å². The molecule has 0 bridgehead atoms. The highest BCUT2D eigenvalue weighted by atomic mass is 15.2. The number of allylic oxidation sites excluding steroid dienone is 8. The Bertz CT molecular complexity index is 1330. The maximum absolute atomic E-state index is 2.53. The molecule has 0 N–H and O–H groups in total. The van der Waals surface area contributed by atoms with Gasteiger partial charge in [-0.3, -0.25) is 0 Å². The summed E-state index contributed by atoms with van der Waals surface area (Å²) in [6, 6.07) is 17.7. The molecule has 2 aromatic rings. The Labute approximate surface area is 218 Å². The molecule has 36 heavy (non-hydrogen) atoms. The van der Waals surface area contributed by atoms with Gasteiger partial charge >= 0.3 is 0 Å². The van der Waals surface area contributed by atoms with Crippen molar-refractivity contribution in [1.82, 2.24) is 0 Å². The van der Waals surface area contributed by atoms with Gasteiger partial charge in [-0.05, 0) is 62.0 Å². The third kappa shape index (κ3) is 4.11. The lowest BCUT2D eigenvalue weighted by molar-refractivity contribution is -0.437. The van der Waals surface area contributed by atoms with Crippen molar-refractivity contribution in [2.24, 2.45) is 0 Å². The van der Waals surface area contributed by atoms with Gasteiger partial charge in [0.2, 0.25) is 5.69 Å². The summed E-state index contributed by atoms with van der Waals surface area (Å²) in [5.41, 5.74) is 11.2. The fourth-order valence-electron chi connectivity index (χ4n) is 6.42. The fourth-order valence-corrected chi connectivity index (χ4v) is 6.42. The Balaban J connectivity index is 1.43. The van der Waals surface area contributed by atoms with Gasteiger partial charge in [0.25, 0.3) is 0 Å². The molecule has 2 heteroatoms. The van der Waals surface area contributed by atoms with Gasteiger partial charge in [-0.1, -0.05) is 75.4 Å². The summed E-state index contributed by atoms with van der Waals surface area (Å²) >= 11 is 0.